The van der Waals surface area contributed by atoms with Crippen molar-refractivity contribution in [1.29, 1.82) is 0 Å². The van der Waals surface area contributed by atoms with E-state index in [2.05, 4.69) is 5.32 Å². The van der Waals surface area contributed by atoms with Crippen LogP contribution in [-0.2, 0) is 0 Å². The zero-order valence-corrected chi connectivity index (χ0v) is 9.97. The zero-order valence-electron chi connectivity index (χ0n) is 9.97. The molecule has 0 amide bonds. The smallest absolute Gasteiger partial charge is 0.276 e. The standard InChI is InChI=1S/C12H16N2O3/c1-8-3-4-10(7-12(8)14(15)16)17-11-5-9(6-11)13-2/h3-4,7,9,11,13H,5-6H2,1-2H3. The number of ether oxygens (including phenoxy) is 1. The average molecular weight is 236 g/mol. The molecule has 92 valence electrons. The normalized spacial score (nSPS) is 22.9. The Morgan fingerprint density at radius 1 is 1.47 bits per heavy atom. The molecule has 1 N–H and O–H groups in total. The summed E-state index contributed by atoms with van der Waals surface area (Å²) in [6.07, 6.45) is 2.09. The van der Waals surface area contributed by atoms with E-state index in [9.17, 15) is 10.1 Å². The second-order valence-corrected chi connectivity index (χ2v) is 4.40. The van der Waals surface area contributed by atoms with E-state index in [1.807, 2.05) is 7.05 Å². The third kappa shape index (κ3) is 2.55. The lowest BCUT2D eigenvalue weighted by Gasteiger charge is -2.35. The molecule has 5 nitrogen and oxygen atoms in total. The predicted molar refractivity (Wildman–Crippen MR) is 64.3 cm³/mol. The first kappa shape index (κ1) is 11.9. The third-order valence-electron chi connectivity index (χ3n) is 3.18. The van der Waals surface area contributed by atoms with Crippen molar-refractivity contribution in [2.45, 2.75) is 31.9 Å². The van der Waals surface area contributed by atoms with Crippen LogP contribution in [0.4, 0.5) is 5.69 Å². The number of nitro benzene ring substituents is 1. The van der Waals surface area contributed by atoms with Crippen LogP contribution in [0.3, 0.4) is 0 Å². The summed E-state index contributed by atoms with van der Waals surface area (Å²) >= 11 is 0. The maximum Gasteiger partial charge on any atom is 0.276 e. The van der Waals surface area contributed by atoms with Crippen LogP contribution in [0, 0.1) is 17.0 Å². The van der Waals surface area contributed by atoms with Gasteiger partial charge in [-0.3, -0.25) is 10.1 Å². The van der Waals surface area contributed by atoms with Crippen LogP contribution in [0.1, 0.15) is 18.4 Å². The third-order valence-corrected chi connectivity index (χ3v) is 3.18. The fraction of sp³-hybridized carbons (Fsp3) is 0.500. The van der Waals surface area contributed by atoms with E-state index >= 15 is 0 Å². The predicted octanol–water partition coefficient (Wildman–Crippen LogP) is 2.03. The molecule has 0 aliphatic heterocycles. The lowest BCUT2D eigenvalue weighted by Crippen LogP contribution is -2.45. The molecule has 5 heteroatoms. The summed E-state index contributed by atoms with van der Waals surface area (Å²) in [7, 11) is 1.93. The Balaban J connectivity index is 2.02. The zero-order chi connectivity index (χ0) is 12.4. The largest absolute Gasteiger partial charge is 0.490 e. The van der Waals surface area contributed by atoms with Gasteiger partial charge in [0.05, 0.1) is 11.0 Å². The highest BCUT2D eigenvalue weighted by Gasteiger charge is 2.29. The van der Waals surface area contributed by atoms with Crippen molar-refractivity contribution in [3.63, 3.8) is 0 Å². The molecule has 0 aromatic heterocycles. The Bertz CT molecular complexity index is 428. The SMILES string of the molecule is CNC1CC(Oc2ccc(C)c([N+](=O)[O-])c2)C1. The molecule has 1 aromatic rings. The summed E-state index contributed by atoms with van der Waals surface area (Å²) in [4.78, 5) is 10.4. The Morgan fingerprint density at radius 3 is 2.76 bits per heavy atom. The van der Waals surface area contributed by atoms with Gasteiger partial charge < -0.3 is 10.1 Å². The minimum absolute atomic E-state index is 0.118. The van der Waals surface area contributed by atoms with E-state index in [-0.39, 0.29) is 16.7 Å². The number of aryl methyl sites for hydroxylation is 1. The topological polar surface area (TPSA) is 64.4 Å². The highest BCUT2D eigenvalue weighted by atomic mass is 16.6. The number of hydrogen-bond acceptors (Lipinski definition) is 4. The number of rotatable bonds is 4. The molecular formula is C12H16N2O3. The molecule has 1 aliphatic carbocycles. The molecule has 1 saturated carbocycles. The first-order valence-electron chi connectivity index (χ1n) is 5.69. The van der Waals surface area contributed by atoms with Crippen LogP contribution < -0.4 is 10.1 Å². The second-order valence-electron chi connectivity index (χ2n) is 4.40. The van der Waals surface area contributed by atoms with Gasteiger partial charge in [-0.15, -0.1) is 0 Å². The number of benzene rings is 1. The van der Waals surface area contributed by atoms with Gasteiger partial charge in [-0.25, -0.2) is 0 Å². The first-order chi connectivity index (χ1) is 8.10. The Labute approximate surface area is 99.9 Å². The van der Waals surface area contributed by atoms with Crippen molar-refractivity contribution in [3.05, 3.63) is 33.9 Å². The Hall–Kier alpha value is -1.62. The van der Waals surface area contributed by atoms with Crippen molar-refractivity contribution in [1.82, 2.24) is 5.32 Å². The molecule has 0 atom stereocenters. The molecule has 0 unspecified atom stereocenters. The quantitative estimate of drug-likeness (QED) is 0.641. The maximum absolute atomic E-state index is 10.8. The van der Waals surface area contributed by atoms with Gasteiger partial charge in [0.2, 0.25) is 0 Å². The Kier molecular flexibility index (Phi) is 3.28. The van der Waals surface area contributed by atoms with Gasteiger partial charge in [0.25, 0.3) is 5.69 Å². The molecular weight excluding hydrogens is 220 g/mol. The van der Waals surface area contributed by atoms with Crippen molar-refractivity contribution in [2.75, 3.05) is 7.05 Å². The second kappa shape index (κ2) is 4.71. The fourth-order valence-corrected chi connectivity index (χ4v) is 1.95. The monoisotopic (exact) mass is 236 g/mol. The van der Waals surface area contributed by atoms with Crippen LogP contribution in [-0.4, -0.2) is 24.1 Å². The summed E-state index contributed by atoms with van der Waals surface area (Å²) in [6.45, 7) is 1.72. The van der Waals surface area contributed by atoms with Crippen LogP contribution >= 0.6 is 0 Å². The summed E-state index contributed by atoms with van der Waals surface area (Å²) in [5.41, 5.74) is 0.774. The average Bonchev–Trinajstić information content (AvgIpc) is 2.24. The summed E-state index contributed by atoms with van der Waals surface area (Å²) in [5, 5.41) is 13.9. The molecule has 1 fully saturated rings. The molecule has 0 radical (unpaired) electrons. The lowest BCUT2D eigenvalue weighted by atomic mass is 9.89. The van der Waals surface area contributed by atoms with E-state index in [4.69, 9.17) is 4.74 Å². The number of nitrogens with zero attached hydrogens (tertiary/aromatic N) is 1. The van der Waals surface area contributed by atoms with E-state index < -0.39 is 0 Å². The van der Waals surface area contributed by atoms with Crippen LogP contribution in [0.2, 0.25) is 0 Å². The number of hydrogen-bond donors (Lipinski definition) is 1. The van der Waals surface area contributed by atoms with Gasteiger partial charge in [-0.2, -0.15) is 0 Å². The number of nitro groups is 1. The first-order valence-corrected chi connectivity index (χ1v) is 5.69. The summed E-state index contributed by atoms with van der Waals surface area (Å²) < 4.78 is 5.68. The van der Waals surface area contributed by atoms with Gasteiger partial charge >= 0.3 is 0 Å². The molecule has 0 bridgehead atoms. The maximum atomic E-state index is 10.8. The van der Waals surface area contributed by atoms with Gasteiger partial charge in [0, 0.05) is 11.6 Å². The molecule has 1 aromatic carbocycles. The van der Waals surface area contributed by atoms with Gasteiger partial charge in [-0.1, -0.05) is 0 Å². The van der Waals surface area contributed by atoms with Crippen LogP contribution in [0.5, 0.6) is 5.75 Å². The summed E-state index contributed by atoms with van der Waals surface area (Å²) in [5.74, 6) is 0.585. The molecule has 17 heavy (non-hydrogen) atoms. The molecule has 1 aliphatic rings. The van der Waals surface area contributed by atoms with E-state index in [0.29, 0.717) is 17.4 Å². The van der Waals surface area contributed by atoms with E-state index in [1.54, 1.807) is 19.1 Å². The van der Waals surface area contributed by atoms with E-state index in [1.165, 1.54) is 6.07 Å². The highest BCUT2D eigenvalue weighted by Crippen LogP contribution is 2.29. The lowest BCUT2D eigenvalue weighted by molar-refractivity contribution is -0.385. The minimum Gasteiger partial charge on any atom is -0.490 e. The molecule has 0 spiro atoms. The van der Waals surface area contributed by atoms with Crippen molar-refractivity contribution < 1.29 is 9.66 Å². The molecule has 2 rings (SSSR count). The Morgan fingerprint density at radius 2 is 2.18 bits per heavy atom. The van der Waals surface area contributed by atoms with E-state index in [0.717, 1.165) is 12.8 Å². The van der Waals surface area contributed by atoms with Gasteiger partial charge in [0.1, 0.15) is 11.9 Å². The summed E-state index contributed by atoms with van der Waals surface area (Å²) in [6, 6.07) is 5.53. The highest BCUT2D eigenvalue weighted by molar-refractivity contribution is 5.45. The van der Waals surface area contributed by atoms with Crippen molar-refractivity contribution >= 4 is 5.69 Å². The molecule has 0 heterocycles. The van der Waals surface area contributed by atoms with Crippen LogP contribution in [0.25, 0.3) is 0 Å². The van der Waals surface area contributed by atoms with Crippen molar-refractivity contribution in [2.24, 2.45) is 0 Å². The molecule has 0 saturated heterocycles. The number of nitrogens with one attached hydrogen (secondary N) is 1. The van der Waals surface area contributed by atoms with Gasteiger partial charge in [0.15, 0.2) is 0 Å². The van der Waals surface area contributed by atoms with Crippen LogP contribution in [0.15, 0.2) is 18.2 Å². The fourth-order valence-electron chi connectivity index (χ4n) is 1.95. The minimum atomic E-state index is -0.376. The van der Waals surface area contributed by atoms with Crippen molar-refractivity contribution in [3.8, 4) is 5.75 Å². The van der Waals surface area contributed by atoms with Gasteiger partial charge in [-0.05, 0) is 38.9 Å².